The molecule has 15 heavy (non-hydrogen) atoms. The summed E-state index contributed by atoms with van der Waals surface area (Å²) in [4.78, 5) is 14.6. The van der Waals surface area contributed by atoms with Gasteiger partial charge in [0.25, 0.3) is 0 Å². The van der Waals surface area contributed by atoms with E-state index < -0.39 is 5.97 Å². The molecule has 4 heteroatoms. The fraction of sp³-hybridized carbons (Fsp3) is 0.0909. The average Bonchev–Trinajstić information content (AvgIpc) is 2.66. The summed E-state index contributed by atoms with van der Waals surface area (Å²) in [6.45, 7) is 5.49. The minimum absolute atomic E-state index is 0.101. The van der Waals surface area contributed by atoms with Gasteiger partial charge in [0.1, 0.15) is 0 Å². The summed E-state index contributed by atoms with van der Waals surface area (Å²) in [5.41, 5.74) is 1.52. The van der Waals surface area contributed by atoms with Crippen molar-refractivity contribution < 1.29 is 9.90 Å². The molecule has 1 heterocycles. The molecule has 0 aliphatic heterocycles. The lowest BCUT2D eigenvalue weighted by molar-refractivity contribution is 0.0696. The maximum atomic E-state index is 10.6. The van der Waals surface area contributed by atoms with Crippen molar-refractivity contribution in [3.63, 3.8) is 0 Å². The van der Waals surface area contributed by atoms with Gasteiger partial charge in [-0.2, -0.15) is 0 Å². The number of carbonyl (C=O) groups is 1. The molecule has 1 aromatic heterocycles. The van der Waals surface area contributed by atoms with Gasteiger partial charge in [0.15, 0.2) is 0 Å². The summed E-state index contributed by atoms with van der Waals surface area (Å²) in [5.74, 6) is -0.996. The van der Waals surface area contributed by atoms with Crippen molar-refractivity contribution in [2.24, 2.45) is 0 Å². The lowest BCUT2D eigenvalue weighted by atomic mass is 10.2. The first-order valence-electron chi connectivity index (χ1n) is 4.33. The minimum Gasteiger partial charge on any atom is -0.476 e. The Balaban J connectivity index is 3.07. The summed E-state index contributed by atoms with van der Waals surface area (Å²) in [6.07, 6.45) is 7.17. The number of carboxylic acids is 1. The first kappa shape index (κ1) is 11.4. The van der Waals surface area contributed by atoms with Crippen LogP contribution in [0.3, 0.4) is 0 Å². The molecule has 0 aliphatic rings. The molecule has 0 saturated heterocycles. The molecule has 0 atom stereocenters. The van der Waals surface area contributed by atoms with Crippen LogP contribution in [0.15, 0.2) is 36.3 Å². The Morgan fingerprint density at radius 1 is 1.67 bits per heavy atom. The Hall–Kier alpha value is -1.68. The number of nitrogens with zero attached hydrogens (tertiary/aromatic N) is 1. The number of hydrogen-bond acceptors (Lipinski definition) is 3. The van der Waals surface area contributed by atoms with Gasteiger partial charge in [0.2, 0.25) is 5.01 Å². The molecule has 0 unspecified atom stereocenters. The number of rotatable bonds is 4. The Morgan fingerprint density at radius 3 is 2.87 bits per heavy atom. The smallest absolute Gasteiger partial charge is 0.365 e. The van der Waals surface area contributed by atoms with E-state index in [-0.39, 0.29) is 5.01 Å². The standard InChI is InChI=1S/C11H11NO2S/c1-3-5-8(6-4-2)9-7-15-10(12-9)11(13)14/h3-7H,1H2,2H3,(H,13,14)/b6-4-,8-5+. The summed E-state index contributed by atoms with van der Waals surface area (Å²) >= 11 is 1.12. The predicted molar refractivity (Wildman–Crippen MR) is 62.1 cm³/mol. The van der Waals surface area contributed by atoms with Gasteiger partial charge in [-0.1, -0.05) is 30.9 Å². The number of hydrogen-bond donors (Lipinski definition) is 1. The molecular formula is C11H11NO2S. The number of thiazole rings is 1. The average molecular weight is 221 g/mol. The molecule has 0 fully saturated rings. The Morgan fingerprint density at radius 2 is 2.40 bits per heavy atom. The maximum absolute atomic E-state index is 10.6. The monoisotopic (exact) mass is 221 g/mol. The van der Waals surface area contributed by atoms with Gasteiger partial charge in [-0.3, -0.25) is 0 Å². The van der Waals surface area contributed by atoms with Crippen LogP contribution in [0.4, 0.5) is 0 Å². The number of allylic oxidation sites excluding steroid dienone is 5. The molecular weight excluding hydrogens is 210 g/mol. The fourth-order valence-corrected chi connectivity index (χ4v) is 1.70. The van der Waals surface area contributed by atoms with Crippen LogP contribution in [0.1, 0.15) is 22.4 Å². The molecule has 0 saturated carbocycles. The minimum atomic E-state index is -0.996. The lowest BCUT2D eigenvalue weighted by Crippen LogP contribution is -1.94. The molecule has 1 N–H and O–H groups in total. The number of aromatic carboxylic acids is 1. The zero-order chi connectivity index (χ0) is 11.3. The van der Waals surface area contributed by atoms with Gasteiger partial charge in [-0.05, 0) is 6.92 Å². The normalized spacial score (nSPS) is 11.9. The fourth-order valence-electron chi connectivity index (χ4n) is 1.04. The molecule has 1 rings (SSSR count). The molecule has 0 radical (unpaired) electrons. The summed E-state index contributed by atoms with van der Waals surface area (Å²) < 4.78 is 0. The largest absolute Gasteiger partial charge is 0.476 e. The summed E-state index contributed by atoms with van der Waals surface area (Å²) in [7, 11) is 0. The molecule has 0 spiro atoms. The van der Waals surface area contributed by atoms with E-state index in [4.69, 9.17) is 5.11 Å². The van der Waals surface area contributed by atoms with Crippen LogP contribution >= 0.6 is 11.3 Å². The van der Waals surface area contributed by atoms with Crippen LogP contribution in [0.25, 0.3) is 5.57 Å². The highest BCUT2D eigenvalue weighted by Gasteiger charge is 2.09. The van der Waals surface area contributed by atoms with E-state index in [1.165, 1.54) is 0 Å². The van der Waals surface area contributed by atoms with E-state index in [2.05, 4.69) is 11.6 Å². The van der Waals surface area contributed by atoms with Gasteiger partial charge >= 0.3 is 5.97 Å². The van der Waals surface area contributed by atoms with Crippen molar-refractivity contribution in [3.8, 4) is 0 Å². The highest BCUT2D eigenvalue weighted by molar-refractivity contribution is 7.11. The second-order valence-corrected chi connectivity index (χ2v) is 3.56. The second kappa shape index (κ2) is 5.26. The molecule has 1 aromatic rings. The third-order valence-corrected chi connectivity index (χ3v) is 2.46. The van der Waals surface area contributed by atoms with Crippen molar-refractivity contribution in [2.45, 2.75) is 6.92 Å². The third-order valence-electron chi connectivity index (χ3n) is 1.63. The molecule has 3 nitrogen and oxygen atoms in total. The Kier molecular flexibility index (Phi) is 4.00. The van der Waals surface area contributed by atoms with Gasteiger partial charge in [-0.15, -0.1) is 11.3 Å². The van der Waals surface area contributed by atoms with Crippen LogP contribution in [0.2, 0.25) is 0 Å². The number of carboxylic acid groups (broad SMARTS) is 1. The van der Waals surface area contributed by atoms with Gasteiger partial charge in [0.05, 0.1) is 5.69 Å². The van der Waals surface area contributed by atoms with E-state index in [0.29, 0.717) is 5.69 Å². The number of aromatic nitrogens is 1. The molecule has 78 valence electrons. The third kappa shape index (κ3) is 2.89. The quantitative estimate of drug-likeness (QED) is 0.795. The lowest BCUT2D eigenvalue weighted by Gasteiger charge is -1.94. The first-order valence-corrected chi connectivity index (χ1v) is 5.21. The highest BCUT2D eigenvalue weighted by atomic mass is 32.1. The van der Waals surface area contributed by atoms with Crippen LogP contribution in [-0.4, -0.2) is 16.1 Å². The summed E-state index contributed by atoms with van der Waals surface area (Å²) in [6, 6.07) is 0. The molecule has 0 bridgehead atoms. The molecule has 0 aliphatic carbocycles. The van der Waals surface area contributed by atoms with E-state index in [9.17, 15) is 4.79 Å². The summed E-state index contributed by atoms with van der Waals surface area (Å²) in [5, 5.41) is 10.6. The Bertz CT molecular complexity index is 430. The zero-order valence-corrected chi connectivity index (χ0v) is 9.12. The van der Waals surface area contributed by atoms with Crippen LogP contribution in [0, 0.1) is 0 Å². The van der Waals surface area contributed by atoms with Gasteiger partial charge < -0.3 is 5.11 Å². The van der Waals surface area contributed by atoms with E-state index in [1.807, 2.05) is 19.1 Å². The van der Waals surface area contributed by atoms with Crippen molar-refractivity contribution in [2.75, 3.05) is 0 Å². The van der Waals surface area contributed by atoms with Crippen LogP contribution < -0.4 is 0 Å². The SMILES string of the molecule is C=C/C=C(\C=C/C)c1csc(C(=O)O)n1. The molecule has 0 aromatic carbocycles. The van der Waals surface area contributed by atoms with Crippen molar-refractivity contribution in [1.82, 2.24) is 4.98 Å². The van der Waals surface area contributed by atoms with E-state index in [0.717, 1.165) is 16.9 Å². The topological polar surface area (TPSA) is 50.2 Å². The van der Waals surface area contributed by atoms with E-state index in [1.54, 1.807) is 17.5 Å². The van der Waals surface area contributed by atoms with Crippen molar-refractivity contribution in [3.05, 3.63) is 47.0 Å². The predicted octanol–water partition coefficient (Wildman–Crippen LogP) is 2.99. The van der Waals surface area contributed by atoms with Crippen LogP contribution in [-0.2, 0) is 0 Å². The van der Waals surface area contributed by atoms with Gasteiger partial charge in [0, 0.05) is 11.0 Å². The van der Waals surface area contributed by atoms with Gasteiger partial charge in [-0.25, -0.2) is 9.78 Å². The second-order valence-electron chi connectivity index (χ2n) is 2.70. The van der Waals surface area contributed by atoms with E-state index >= 15 is 0 Å². The molecule has 0 amide bonds. The van der Waals surface area contributed by atoms with Crippen LogP contribution in [0.5, 0.6) is 0 Å². The zero-order valence-electron chi connectivity index (χ0n) is 8.30. The first-order chi connectivity index (χ1) is 7.19. The van der Waals surface area contributed by atoms with Crippen molar-refractivity contribution >= 4 is 22.9 Å². The maximum Gasteiger partial charge on any atom is 0.365 e. The highest BCUT2D eigenvalue weighted by Crippen LogP contribution is 2.19. The van der Waals surface area contributed by atoms with Crippen molar-refractivity contribution in [1.29, 1.82) is 0 Å². The Labute approximate surface area is 92.1 Å².